The van der Waals surface area contributed by atoms with Crippen molar-refractivity contribution in [2.75, 3.05) is 11.9 Å². The van der Waals surface area contributed by atoms with E-state index in [1.165, 1.54) is 0 Å². The zero-order chi connectivity index (χ0) is 12.3. The predicted octanol–water partition coefficient (Wildman–Crippen LogP) is 2.36. The summed E-state index contributed by atoms with van der Waals surface area (Å²) in [6, 6.07) is 8.61. The molecule has 0 fully saturated rings. The van der Waals surface area contributed by atoms with Gasteiger partial charge in [-0.25, -0.2) is 9.59 Å². The number of amides is 1. The molecule has 1 aromatic heterocycles. The molecule has 88 valence electrons. The molecule has 1 amide bonds. The topological polar surface area (TPSA) is 68.5 Å². The van der Waals surface area contributed by atoms with Crippen molar-refractivity contribution in [2.24, 2.45) is 0 Å². The first-order valence-corrected chi connectivity index (χ1v) is 5.17. The fourth-order valence-electron chi connectivity index (χ4n) is 1.43. The van der Waals surface area contributed by atoms with E-state index in [9.17, 15) is 9.59 Å². The van der Waals surface area contributed by atoms with Gasteiger partial charge in [-0.2, -0.15) is 0 Å². The minimum atomic E-state index is -0.671. The molecule has 1 aromatic carbocycles. The molecule has 0 aliphatic heterocycles. The number of para-hydroxylation sites is 1. The van der Waals surface area contributed by atoms with Crippen molar-refractivity contribution >= 4 is 22.7 Å². The molecule has 0 spiro atoms. The maximum Gasteiger partial charge on any atom is 0.411 e. The lowest BCUT2D eigenvalue weighted by molar-refractivity contribution is 0.168. The molecule has 1 N–H and O–H groups in total. The van der Waals surface area contributed by atoms with Gasteiger partial charge in [0.1, 0.15) is 11.3 Å². The van der Waals surface area contributed by atoms with Crippen molar-refractivity contribution in [1.29, 1.82) is 0 Å². The Kier molecular flexibility index (Phi) is 3.09. The van der Waals surface area contributed by atoms with E-state index in [1.54, 1.807) is 31.2 Å². The highest BCUT2D eigenvalue weighted by molar-refractivity contribution is 5.87. The Morgan fingerprint density at radius 1 is 1.41 bits per heavy atom. The van der Waals surface area contributed by atoms with Gasteiger partial charge in [0.2, 0.25) is 0 Å². The molecule has 0 unspecified atom stereocenters. The largest absolute Gasteiger partial charge is 0.450 e. The zero-order valence-electron chi connectivity index (χ0n) is 9.23. The lowest BCUT2D eigenvalue weighted by Gasteiger charge is -2.04. The standard InChI is InChI=1S/C12H11NO4/c1-2-16-12(15)13-9-7-8-5-3-4-6-10(8)17-11(9)14/h3-7H,2H2,1H3,(H,13,15). The second-order valence-electron chi connectivity index (χ2n) is 3.33. The SMILES string of the molecule is CCOC(=O)Nc1cc2ccccc2oc1=O. The molecule has 0 aliphatic carbocycles. The van der Waals surface area contributed by atoms with Gasteiger partial charge in [-0.05, 0) is 19.1 Å². The molecular weight excluding hydrogens is 222 g/mol. The summed E-state index contributed by atoms with van der Waals surface area (Å²) >= 11 is 0. The monoisotopic (exact) mass is 233 g/mol. The van der Waals surface area contributed by atoms with Crippen molar-refractivity contribution in [3.63, 3.8) is 0 Å². The van der Waals surface area contributed by atoms with Gasteiger partial charge in [0.05, 0.1) is 6.61 Å². The van der Waals surface area contributed by atoms with Crippen molar-refractivity contribution in [3.8, 4) is 0 Å². The molecule has 5 nitrogen and oxygen atoms in total. The highest BCUT2D eigenvalue weighted by atomic mass is 16.5. The van der Waals surface area contributed by atoms with Crippen LogP contribution >= 0.6 is 0 Å². The maximum atomic E-state index is 11.5. The maximum absolute atomic E-state index is 11.5. The Balaban J connectivity index is 2.37. The third-order valence-electron chi connectivity index (χ3n) is 2.15. The summed E-state index contributed by atoms with van der Waals surface area (Å²) in [5, 5.41) is 3.07. The molecule has 0 radical (unpaired) electrons. The summed E-state index contributed by atoms with van der Waals surface area (Å²) in [4.78, 5) is 22.7. The van der Waals surface area contributed by atoms with Crippen LogP contribution < -0.4 is 10.9 Å². The number of carbonyl (C=O) groups excluding carboxylic acids is 1. The second-order valence-corrected chi connectivity index (χ2v) is 3.33. The molecule has 2 aromatic rings. The van der Waals surface area contributed by atoms with E-state index in [0.29, 0.717) is 5.58 Å². The third-order valence-corrected chi connectivity index (χ3v) is 2.15. The van der Waals surface area contributed by atoms with Gasteiger partial charge in [-0.1, -0.05) is 18.2 Å². The number of rotatable bonds is 2. The fourth-order valence-corrected chi connectivity index (χ4v) is 1.43. The number of hydrogen-bond acceptors (Lipinski definition) is 4. The van der Waals surface area contributed by atoms with E-state index in [1.807, 2.05) is 6.07 Å². The quantitative estimate of drug-likeness (QED) is 0.808. The Labute approximate surface area is 97.0 Å². The van der Waals surface area contributed by atoms with Gasteiger partial charge in [0.15, 0.2) is 0 Å². The van der Waals surface area contributed by atoms with E-state index >= 15 is 0 Å². The van der Waals surface area contributed by atoms with Crippen molar-refractivity contribution in [2.45, 2.75) is 6.92 Å². The molecule has 0 saturated carbocycles. The van der Waals surface area contributed by atoms with E-state index in [-0.39, 0.29) is 12.3 Å². The van der Waals surface area contributed by atoms with Crippen LogP contribution in [-0.2, 0) is 4.74 Å². The van der Waals surface area contributed by atoms with Gasteiger partial charge in [0.25, 0.3) is 0 Å². The average Bonchev–Trinajstić information content (AvgIpc) is 2.30. The highest BCUT2D eigenvalue weighted by Gasteiger charge is 2.08. The first-order chi connectivity index (χ1) is 8.20. The fraction of sp³-hybridized carbons (Fsp3) is 0.167. The van der Waals surface area contributed by atoms with Crippen LogP contribution in [0.5, 0.6) is 0 Å². The van der Waals surface area contributed by atoms with Crippen LogP contribution in [0.15, 0.2) is 39.5 Å². The number of nitrogens with one attached hydrogen (secondary N) is 1. The summed E-state index contributed by atoms with van der Waals surface area (Å²) in [6.45, 7) is 1.92. The van der Waals surface area contributed by atoms with Crippen LogP contribution in [-0.4, -0.2) is 12.7 Å². The lowest BCUT2D eigenvalue weighted by atomic mass is 10.2. The molecule has 0 bridgehead atoms. The third kappa shape index (κ3) is 2.44. The molecule has 0 atom stereocenters. The molecule has 2 rings (SSSR count). The van der Waals surface area contributed by atoms with Gasteiger partial charge >= 0.3 is 11.7 Å². The number of carbonyl (C=O) groups is 1. The molecule has 0 aliphatic rings. The molecule has 1 heterocycles. The van der Waals surface area contributed by atoms with Gasteiger partial charge in [0, 0.05) is 5.39 Å². The number of fused-ring (bicyclic) bond motifs is 1. The first-order valence-electron chi connectivity index (χ1n) is 5.17. The van der Waals surface area contributed by atoms with Gasteiger partial charge in [-0.3, -0.25) is 5.32 Å². The molecule has 0 saturated heterocycles. The average molecular weight is 233 g/mol. The van der Waals surface area contributed by atoms with Crippen LogP contribution in [0, 0.1) is 0 Å². The van der Waals surface area contributed by atoms with E-state index in [4.69, 9.17) is 4.42 Å². The number of ether oxygens (including phenoxy) is 1. The Bertz CT molecular complexity index is 603. The smallest absolute Gasteiger partial charge is 0.411 e. The van der Waals surface area contributed by atoms with Crippen LogP contribution in [0.2, 0.25) is 0 Å². The van der Waals surface area contributed by atoms with Gasteiger partial charge in [-0.15, -0.1) is 0 Å². The van der Waals surface area contributed by atoms with E-state index in [2.05, 4.69) is 10.1 Å². The lowest BCUT2D eigenvalue weighted by Crippen LogP contribution is -2.18. The van der Waals surface area contributed by atoms with Crippen LogP contribution in [0.4, 0.5) is 10.5 Å². The van der Waals surface area contributed by atoms with Crippen molar-refractivity contribution in [3.05, 3.63) is 40.8 Å². The Morgan fingerprint density at radius 2 is 2.18 bits per heavy atom. The minimum Gasteiger partial charge on any atom is -0.450 e. The van der Waals surface area contributed by atoms with Crippen molar-refractivity contribution < 1.29 is 13.9 Å². The Morgan fingerprint density at radius 3 is 2.94 bits per heavy atom. The summed E-state index contributed by atoms with van der Waals surface area (Å²) in [6.07, 6.45) is -0.671. The van der Waals surface area contributed by atoms with E-state index in [0.717, 1.165) is 5.39 Å². The Hall–Kier alpha value is -2.30. The summed E-state index contributed by atoms with van der Waals surface area (Å²) in [5.41, 5.74) is -0.0502. The van der Waals surface area contributed by atoms with Crippen LogP contribution in [0.1, 0.15) is 6.92 Å². The van der Waals surface area contributed by atoms with E-state index < -0.39 is 11.7 Å². The summed E-state index contributed by atoms with van der Waals surface area (Å²) in [5.74, 6) is 0. The number of hydrogen-bond donors (Lipinski definition) is 1. The number of anilines is 1. The molecular formula is C12H11NO4. The first kappa shape index (κ1) is 11.2. The highest BCUT2D eigenvalue weighted by Crippen LogP contribution is 2.14. The zero-order valence-corrected chi connectivity index (χ0v) is 9.23. The number of benzene rings is 1. The van der Waals surface area contributed by atoms with Crippen LogP contribution in [0.3, 0.4) is 0 Å². The normalized spacial score (nSPS) is 10.2. The van der Waals surface area contributed by atoms with Crippen LogP contribution in [0.25, 0.3) is 11.0 Å². The van der Waals surface area contributed by atoms with Gasteiger partial charge < -0.3 is 9.15 Å². The predicted molar refractivity (Wildman–Crippen MR) is 63.1 cm³/mol. The summed E-state index contributed by atoms with van der Waals surface area (Å²) in [7, 11) is 0. The van der Waals surface area contributed by atoms with Crippen molar-refractivity contribution in [1.82, 2.24) is 0 Å². The summed E-state index contributed by atoms with van der Waals surface area (Å²) < 4.78 is 9.73. The minimum absolute atomic E-state index is 0.0714. The second kappa shape index (κ2) is 4.69. The molecule has 17 heavy (non-hydrogen) atoms. The molecule has 5 heteroatoms.